The summed E-state index contributed by atoms with van der Waals surface area (Å²) in [6.45, 7) is 5.73. The number of hydrogen-bond donors (Lipinski definition) is 1. The summed E-state index contributed by atoms with van der Waals surface area (Å²) in [6, 6.07) is 7.98. The Morgan fingerprint density at radius 3 is 2.74 bits per heavy atom. The van der Waals surface area contributed by atoms with Crippen molar-refractivity contribution in [3.63, 3.8) is 0 Å². The third kappa shape index (κ3) is 4.90. The lowest BCUT2D eigenvalue weighted by Crippen LogP contribution is -2.27. The third-order valence-electron chi connectivity index (χ3n) is 4.08. The van der Waals surface area contributed by atoms with Gasteiger partial charge in [-0.2, -0.15) is 0 Å². The molecule has 19 heavy (non-hydrogen) atoms. The Balaban J connectivity index is 1.79. The minimum absolute atomic E-state index is 0.339. The van der Waals surface area contributed by atoms with Crippen molar-refractivity contribution in [1.29, 1.82) is 0 Å². The van der Waals surface area contributed by atoms with E-state index in [2.05, 4.69) is 27.8 Å². The van der Waals surface area contributed by atoms with E-state index in [1.807, 2.05) is 24.3 Å². The Morgan fingerprint density at radius 2 is 2.00 bits per heavy atom. The van der Waals surface area contributed by atoms with Gasteiger partial charge >= 0.3 is 0 Å². The SMILES string of the molecule is CC1CCCN(CCC(O)c2ccc(Br)cc2)CC1. The van der Waals surface area contributed by atoms with Crippen molar-refractivity contribution in [2.75, 3.05) is 19.6 Å². The van der Waals surface area contributed by atoms with Crippen LogP contribution in [0, 0.1) is 5.92 Å². The molecule has 0 radical (unpaired) electrons. The Labute approximate surface area is 124 Å². The molecule has 1 saturated heterocycles. The second kappa shape index (κ2) is 7.41. The second-order valence-electron chi connectivity index (χ2n) is 5.73. The van der Waals surface area contributed by atoms with Crippen LogP contribution in [0.1, 0.15) is 44.3 Å². The lowest BCUT2D eigenvalue weighted by Gasteiger charge is -2.21. The second-order valence-corrected chi connectivity index (χ2v) is 6.65. The molecule has 0 bridgehead atoms. The average molecular weight is 326 g/mol. The maximum atomic E-state index is 10.2. The van der Waals surface area contributed by atoms with Gasteiger partial charge in [0.05, 0.1) is 6.10 Å². The molecule has 106 valence electrons. The number of hydrogen-bond acceptors (Lipinski definition) is 2. The van der Waals surface area contributed by atoms with Crippen molar-refractivity contribution in [1.82, 2.24) is 4.90 Å². The maximum Gasteiger partial charge on any atom is 0.0802 e. The van der Waals surface area contributed by atoms with Crippen LogP contribution in [0.4, 0.5) is 0 Å². The van der Waals surface area contributed by atoms with Crippen molar-refractivity contribution in [2.24, 2.45) is 5.92 Å². The fourth-order valence-corrected chi connectivity index (χ4v) is 2.97. The minimum atomic E-state index is -0.339. The van der Waals surface area contributed by atoms with Crippen LogP contribution >= 0.6 is 15.9 Å². The number of nitrogens with zero attached hydrogens (tertiary/aromatic N) is 1. The van der Waals surface area contributed by atoms with E-state index in [1.165, 1.54) is 32.4 Å². The highest BCUT2D eigenvalue weighted by Gasteiger charge is 2.15. The fourth-order valence-electron chi connectivity index (χ4n) is 2.70. The molecule has 0 aliphatic carbocycles. The Bertz CT molecular complexity index is 379. The van der Waals surface area contributed by atoms with E-state index in [0.717, 1.165) is 28.9 Å². The smallest absolute Gasteiger partial charge is 0.0802 e. The first-order valence-electron chi connectivity index (χ1n) is 7.31. The summed E-state index contributed by atoms with van der Waals surface area (Å²) >= 11 is 3.42. The van der Waals surface area contributed by atoms with Crippen molar-refractivity contribution in [2.45, 2.75) is 38.7 Å². The van der Waals surface area contributed by atoms with E-state index in [1.54, 1.807) is 0 Å². The van der Waals surface area contributed by atoms with Crippen LogP contribution in [-0.2, 0) is 0 Å². The van der Waals surface area contributed by atoms with Gasteiger partial charge in [0, 0.05) is 11.0 Å². The van der Waals surface area contributed by atoms with E-state index in [4.69, 9.17) is 0 Å². The summed E-state index contributed by atoms with van der Waals surface area (Å²) in [5.74, 6) is 0.862. The summed E-state index contributed by atoms with van der Waals surface area (Å²) in [6.07, 6.45) is 4.44. The van der Waals surface area contributed by atoms with E-state index in [-0.39, 0.29) is 6.10 Å². The van der Waals surface area contributed by atoms with Gasteiger partial charge in [-0.3, -0.25) is 0 Å². The quantitative estimate of drug-likeness (QED) is 0.904. The largest absolute Gasteiger partial charge is 0.388 e. The van der Waals surface area contributed by atoms with Crippen LogP contribution in [0.3, 0.4) is 0 Å². The molecule has 0 amide bonds. The van der Waals surface area contributed by atoms with Crippen LogP contribution < -0.4 is 0 Å². The molecule has 1 aromatic rings. The molecule has 1 heterocycles. The summed E-state index contributed by atoms with van der Waals surface area (Å²) in [5, 5.41) is 10.2. The zero-order chi connectivity index (χ0) is 13.7. The molecule has 2 nitrogen and oxygen atoms in total. The predicted octanol–water partition coefficient (Wildman–Crippen LogP) is 3.99. The summed E-state index contributed by atoms with van der Waals surface area (Å²) in [7, 11) is 0. The van der Waals surface area contributed by atoms with Gasteiger partial charge in [-0.1, -0.05) is 35.0 Å². The van der Waals surface area contributed by atoms with Gasteiger partial charge in [0.2, 0.25) is 0 Å². The Kier molecular flexibility index (Phi) is 5.86. The third-order valence-corrected chi connectivity index (χ3v) is 4.61. The molecular weight excluding hydrogens is 302 g/mol. The summed E-state index contributed by atoms with van der Waals surface area (Å²) < 4.78 is 1.06. The molecule has 1 fully saturated rings. The first-order valence-corrected chi connectivity index (χ1v) is 8.10. The van der Waals surface area contributed by atoms with Gasteiger partial charge in [-0.05, 0) is 62.4 Å². The highest BCUT2D eigenvalue weighted by Crippen LogP contribution is 2.21. The number of halogens is 1. The highest BCUT2D eigenvalue weighted by molar-refractivity contribution is 9.10. The van der Waals surface area contributed by atoms with E-state index in [9.17, 15) is 5.11 Å². The lowest BCUT2D eigenvalue weighted by molar-refractivity contribution is 0.142. The van der Waals surface area contributed by atoms with Crippen LogP contribution in [0.2, 0.25) is 0 Å². The monoisotopic (exact) mass is 325 g/mol. The molecule has 2 atom stereocenters. The van der Waals surface area contributed by atoms with Crippen molar-refractivity contribution in [3.8, 4) is 0 Å². The lowest BCUT2D eigenvalue weighted by atomic mass is 10.0. The molecule has 1 aromatic carbocycles. The zero-order valence-corrected chi connectivity index (χ0v) is 13.3. The fraction of sp³-hybridized carbons (Fsp3) is 0.625. The van der Waals surface area contributed by atoms with Crippen molar-refractivity contribution >= 4 is 15.9 Å². The average Bonchev–Trinajstić information content (AvgIpc) is 2.61. The molecule has 1 aliphatic heterocycles. The zero-order valence-electron chi connectivity index (χ0n) is 11.7. The van der Waals surface area contributed by atoms with Crippen molar-refractivity contribution < 1.29 is 5.11 Å². The minimum Gasteiger partial charge on any atom is -0.388 e. The molecule has 1 N–H and O–H groups in total. The van der Waals surface area contributed by atoms with Gasteiger partial charge in [-0.15, -0.1) is 0 Å². The number of rotatable bonds is 4. The number of benzene rings is 1. The van der Waals surface area contributed by atoms with E-state index < -0.39 is 0 Å². The van der Waals surface area contributed by atoms with Gasteiger partial charge in [0.15, 0.2) is 0 Å². The summed E-state index contributed by atoms with van der Waals surface area (Å²) in [5.41, 5.74) is 1.02. The number of aliphatic hydroxyl groups is 1. The van der Waals surface area contributed by atoms with Crippen LogP contribution in [0.15, 0.2) is 28.7 Å². The van der Waals surface area contributed by atoms with Gasteiger partial charge in [-0.25, -0.2) is 0 Å². The molecule has 1 aliphatic rings. The number of aliphatic hydroxyl groups excluding tert-OH is 1. The van der Waals surface area contributed by atoms with E-state index in [0.29, 0.717) is 0 Å². The first kappa shape index (κ1) is 15.0. The van der Waals surface area contributed by atoms with Crippen LogP contribution in [-0.4, -0.2) is 29.6 Å². The van der Waals surface area contributed by atoms with Gasteiger partial charge in [0.1, 0.15) is 0 Å². The molecule has 0 aromatic heterocycles. The first-order chi connectivity index (χ1) is 9.15. The molecule has 2 rings (SSSR count). The maximum absolute atomic E-state index is 10.2. The highest BCUT2D eigenvalue weighted by atomic mass is 79.9. The van der Waals surface area contributed by atoms with E-state index >= 15 is 0 Å². The molecule has 0 saturated carbocycles. The standard InChI is InChI=1S/C16H24BrNO/c1-13-3-2-10-18(11-8-13)12-9-16(19)14-4-6-15(17)7-5-14/h4-7,13,16,19H,2-3,8-12H2,1H3. The molecule has 3 heteroatoms. The predicted molar refractivity (Wildman–Crippen MR) is 83.2 cm³/mol. The van der Waals surface area contributed by atoms with Crippen LogP contribution in [0.25, 0.3) is 0 Å². The number of likely N-dealkylation sites (tertiary alicyclic amines) is 1. The molecular formula is C16H24BrNO. The summed E-state index contributed by atoms with van der Waals surface area (Å²) in [4.78, 5) is 2.51. The van der Waals surface area contributed by atoms with Gasteiger partial charge < -0.3 is 10.0 Å². The topological polar surface area (TPSA) is 23.5 Å². The Hall–Kier alpha value is -0.380. The normalized spacial score (nSPS) is 23.0. The molecule has 2 unspecified atom stereocenters. The Morgan fingerprint density at radius 1 is 1.26 bits per heavy atom. The van der Waals surface area contributed by atoms with Crippen molar-refractivity contribution in [3.05, 3.63) is 34.3 Å². The van der Waals surface area contributed by atoms with Crippen LogP contribution in [0.5, 0.6) is 0 Å². The van der Waals surface area contributed by atoms with Gasteiger partial charge in [0.25, 0.3) is 0 Å². The molecule has 0 spiro atoms.